The van der Waals surface area contributed by atoms with Gasteiger partial charge in [-0.25, -0.2) is 0 Å². The van der Waals surface area contributed by atoms with Gasteiger partial charge in [-0.1, -0.05) is 41.6 Å². The van der Waals surface area contributed by atoms with Crippen LogP contribution in [-0.2, 0) is 26.1 Å². The zero-order valence-corrected chi connectivity index (χ0v) is 17.4. The number of aromatic nitrogens is 1. The smallest absolute Gasteiger partial charge is 0.124 e. The zero-order valence-electron chi connectivity index (χ0n) is 17.4. The Balaban J connectivity index is 1.24. The minimum absolute atomic E-state index is 0.288. The highest BCUT2D eigenvalue weighted by Gasteiger charge is 2.18. The third kappa shape index (κ3) is 5.69. The predicted octanol–water partition coefficient (Wildman–Crippen LogP) is 3.10. The van der Waals surface area contributed by atoms with E-state index in [2.05, 4.69) is 45.3 Å². The fourth-order valence-corrected chi connectivity index (χ4v) is 3.95. The lowest BCUT2D eigenvalue weighted by atomic mass is 10.00. The molecule has 0 spiro atoms. The topological polar surface area (TPSA) is 62.0 Å². The number of aliphatic hydroxyl groups excluding tert-OH is 1. The van der Waals surface area contributed by atoms with Crippen molar-refractivity contribution in [3.05, 3.63) is 83.2 Å². The average molecular weight is 408 g/mol. The summed E-state index contributed by atoms with van der Waals surface area (Å²) in [6.45, 7) is 4.27. The second kappa shape index (κ2) is 9.89. The first-order chi connectivity index (χ1) is 14.7. The third-order valence-electron chi connectivity index (χ3n) is 5.40. The van der Waals surface area contributed by atoms with Gasteiger partial charge in [-0.15, -0.1) is 0 Å². The standard InChI is InChI=1S/C24H29N3O3/c1-26(16-22-10-12-30-25-22)14-19-5-4-8-24(13-19)29-18-23(28)17-27-11-9-20-6-2-3-7-21(20)15-27/h2-8,10,12-13,23,28H,9,11,14-18H2,1H3. The molecule has 0 radical (unpaired) electrons. The molecule has 1 N–H and O–H groups in total. The minimum atomic E-state index is -0.520. The van der Waals surface area contributed by atoms with Gasteiger partial charge in [-0.05, 0) is 42.3 Å². The molecule has 1 aliphatic rings. The Labute approximate surface area is 177 Å². The van der Waals surface area contributed by atoms with Crippen molar-refractivity contribution in [2.24, 2.45) is 0 Å². The zero-order chi connectivity index (χ0) is 20.8. The fraction of sp³-hybridized carbons (Fsp3) is 0.375. The van der Waals surface area contributed by atoms with Crippen molar-refractivity contribution >= 4 is 0 Å². The summed E-state index contributed by atoms with van der Waals surface area (Å²) >= 11 is 0. The number of β-amino-alcohol motifs (C(OH)–C–C–N with tert-alkyl or cyclic N) is 1. The third-order valence-corrected chi connectivity index (χ3v) is 5.40. The first kappa shape index (κ1) is 20.6. The van der Waals surface area contributed by atoms with E-state index in [0.29, 0.717) is 6.54 Å². The Morgan fingerprint density at radius 1 is 1.13 bits per heavy atom. The van der Waals surface area contributed by atoms with Gasteiger partial charge < -0.3 is 14.4 Å². The molecule has 0 aliphatic carbocycles. The molecule has 0 saturated heterocycles. The molecular formula is C24H29N3O3. The van der Waals surface area contributed by atoms with Gasteiger partial charge >= 0.3 is 0 Å². The molecule has 1 atom stereocenters. The van der Waals surface area contributed by atoms with Crippen molar-refractivity contribution in [2.75, 3.05) is 26.7 Å². The molecular weight excluding hydrogens is 378 g/mol. The molecule has 2 heterocycles. The highest BCUT2D eigenvalue weighted by molar-refractivity contribution is 5.29. The lowest BCUT2D eigenvalue weighted by molar-refractivity contribution is 0.0637. The molecule has 0 fully saturated rings. The molecule has 6 nitrogen and oxygen atoms in total. The molecule has 1 aromatic heterocycles. The van der Waals surface area contributed by atoms with E-state index in [1.807, 2.05) is 31.3 Å². The maximum atomic E-state index is 10.5. The van der Waals surface area contributed by atoms with Crippen molar-refractivity contribution in [3.8, 4) is 5.75 Å². The summed E-state index contributed by atoms with van der Waals surface area (Å²) in [4.78, 5) is 4.46. The van der Waals surface area contributed by atoms with Crippen LogP contribution in [0, 0.1) is 0 Å². The van der Waals surface area contributed by atoms with E-state index in [4.69, 9.17) is 9.26 Å². The van der Waals surface area contributed by atoms with Crippen molar-refractivity contribution in [3.63, 3.8) is 0 Å². The summed E-state index contributed by atoms with van der Waals surface area (Å²) in [7, 11) is 2.04. The second-order valence-electron chi connectivity index (χ2n) is 8.03. The molecule has 30 heavy (non-hydrogen) atoms. The van der Waals surface area contributed by atoms with E-state index in [-0.39, 0.29) is 6.61 Å². The molecule has 0 bridgehead atoms. The maximum absolute atomic E-state index is 10.5. The van der Waals surface area contributed by atoms with E-state index in [1.165, 1.54) is 11.1 Å². The normalized spacial score (nSPS) is 15.2. The van der Waals surface area contributed by atoms with Crippen LogP contribution >= 0.6 is 0 Å². The number of ether oxygens (including phenoxy) is 1. The Kier molecular flexibility index (Phi) is 6.79. The Bertz CT molecular complexity index is 929. The van der Waals surface area contributed by atoms with Crippen LogP contribution in [0.25, 0.3) is 0 Å². The van der Waals surface area contributed by atoms with Gasteiger partial charge in [0.1, 0.15) is 24.7 Å². The van der Waals surface area contributed by atoms with Crippen molar-refractivity contribution in [1.29, 1.82) is 0 Å². The Hall–Kier alpha value is -2.67. The van der Waals surface area contributed by atoms with Crippen LogP contribution < -0.4 is 4.74 Å². The Morgan fingerprint density at radius 2 is 2.00 bits per heavy atom. The van der Waals surface area contributed by atoms with Crippen molar-refractivity contribution in [1.82, 2.24) is 15.0 Å². The van der Waals surface area contributed by atoms with Crippen LogP contribution in [-0.4, -0.2) is 52.9 Å². The molecule has 1 unspecified atom stereocenters. The quantitative estimate of drug-likeness (QED) is 0.588. The van der Waals surface area contributed by atoms with Crippen molar-refractivity contribution < 1.29 is 14.4 Å². The lowest BCUT2D eigenvalue weighted by Gasteiger charge is -2.30. The number of nitrogens with zero attached hydrogens (tertiary/aromatic N) is 3. The van der Waals surface area contributed by atoms with Crippen LogP contribution in [0.2, 0.25) is 0 Å². The molecule has 4 rings (SSSR count). The number of benzene rings is 2. The molecule has 2 aromatic carbocycles. The molecule has 0 amide bonds. The summed E-state index contributed by atoms with van der Waals surface area (Å²) in [6, 6.07) is 18.5. The summed E-state index contributed by atoms with van der Waals surface area (Å²) < 4.78 is 10.8. The minimum Gasteiger partial charge on any atom is -0.491 e. The Morgan fingerprint density at radius 3 is 2.83 bits per heavy atom. The lowest BCUT2D eigenvalue weighted by Crippen LogP contribution is -2.38. The van der Waals surface area contributed by atoms with Gasteiger partial charge in [0.05, 0.1) is 5.69 Å². The fourth-order valence-electron chi connectivity index (χ4n) is 3.95. The first-order valence-electron chi connectivity index (χ1n) is 10.4. The maximum Gasteiger partial charge on any atom is 0.124 e. The molecule has 0 saturated carbocycles. The SMILES string of the molecule is CN(Cc1cccc(OCC(O)CN2CCc3ccccc3C2)c1)Cc1ccon1. The van der Waals surface area contributed by atoms with E-state index in [0.717, 1.165) is 49.6 Å². The number of aliphatic hydroxyl groups is 1. The number of hydrogen-bond donors (Lipinski definition) is 1. The van der Waals surface area contributed by atoms with Gasteiger partial charge in [0.25, 0.3) is 0 Å². The number of fused-ring (bicyclic) bond motifs is 1. The van der Waals surface area contributed by atoms with E-state index < -0.39 is 6.10 Å². The molecule has 6 heteroatoms. The van der Waals surface area contributed by atoms with E-state index >= 15 is 0 Å². The summed E-state index contributed by atoms with van der Waals surface area (Å²) in [5, 5.41) is 14.4. The average Bonchev–Trinajstić information content (AvgIpc) is 3.25. The van der Waals surface area contributed by atoms with E-state index in [1.54, 1.807) is 6.26 Å². The highest BCUT2D eigenvalue weighted by Crippen LogP contribution is 2.19. The van der Waals surface area contributed by atoms with Crippen LogP contribution in [0.1, 0.15) is 22.4 Å². The van der Waals surface area contributed by atoms with Gasteiger partial charge in [0, 0.05) is 38.8 Å². The largest absolute Gasteiger partial charge is 0.491 e. The van der Waals surface area contributed by atoms with Gasteiger partial charge in [-0.2, -0.15) is 0 Å². The monoisotopic (exact) mass is 407 g/mol. The van der Waals surface area contributed by atoms with Crippen LogP contribution in [0.5, 0.6) is 5.75 Å². The summed E-state index contributed by atoms with van der Waals surface area (Å²) in [5.41, 5.74) is 4.85. The van der Waals surface area contributed by atoms with Crippen LogP contribution in [0.4, 0.5) is 0 Å². The van der Waals surface area contributed by atoms with Crippen LogP contribution in [0.3, 0.4) is 0 Å². The molecule has 158 valence electrons. The first-order valence-corrected chi connectivity index (χ1v) is 10.4. The molecule has 1 aliphatic heterocycles. The van der Waals surface area contributed by atoms with Gasteiger partial charge in [0.15, 0.2) is 0 Å². The van der Waals surface area contributed by atoms with Crippen LogP contribution in [0.15, 0.2) is 65.4 Å². The molecule has 3 aromatic rings. The van der Waals surface area contributed by atoms with Gasteiger partial charge in [0.2, 0.25) is 0 Å². The number of rotatable bonds is 9. The number of hydrogen-bond acceptors (Lipinski definition) is 6. The predicted molar refractivity (Wildman–Crippen MR) is 115 cm³/mol. The van der Waals surface area contributed by atoms with E-state index in [9.17, 15) is 5.11 Å². The highest BCUT2D eigenvalue weighted by atomic mass is 16.5. The van der Waals surface area contributed by atoms with Gasteiger partial charge in [-0.3, -0.25) is 9.80 Å². The summed E-state index contributed by atoms with van der Waals surface area (Å²) in [5.74, 6) is 0.783. The van der Waals surface area contributed by atoms with Crippen molar-refractivity contribution in [2.45, 2.75) is 32.2 Å². The summed E-state index contributed by atoms with van der Waals surface area (Å²) in [6.07, 6.45) is 2.10. The second-order valence-corrected chi connectivity index (χ2v) is 8.03.